The van der Waals surface area contributed by atoms with E-state index < -0.39 is 5.91 Å². The van der Waals surface area contributed by atoms with Crippen LogP contribution in [0.25, 0.3) is 6.08 Å². The second kappa shape index (κ2) is 12.8. The first-order chi connectivity index (χ1) is 18.0. The largest absolute Gasteiger partial charge is 0.489 e. The molecule has 0 fully saturated rings. The minimum Gasteiger partial charge on any atom is -0.489 e. The molecule has 0 aromatic heterocycles. The number of nitriles is 1. The number of halogens is 2. The van der Waals surface area contributed by atoms with Crippen LogP contribution in [0.4, 0.5) is 5.69 Å². The van der Waals surface area contributed by atoms with Gasteiger partial charge in [0.15, 0.2) is 0 Å². The van der Waals surface area contributed by atoms with Crippen molar-refractivity contribution in [3.05, 3.63) is 129 Å². The first kappa shape index (κ1) is 26.0. The summed E-state index contributed by atoms with van der Waals surface area (Å²) in [5, 5.41) is 12.9. The van der Waals surface area contributed by atoms with Gasteiger partial charge in [-0.15, -0.1) is 0 Å². The number of nitrogens with one attached hydrogen (secondary N) is 1. The van der Waals surface area contributed by atoms with E-state index in [1.54, 1.807) is 42.5 Å². The molecule has 0 saturated heterocycles. The summed E-state index contributed by atoms with van der Waals surface area (Å²) in [5.74, 6) is 0.626. The van der Waals surface area contributed by atoms with Gasteiger partial charge in [0.25, 0.3) is 5.91 Å². The lowest BCUT2D eigenvalue weighted by Gasteiger charge is -2.12. The van der Waals surface area contributed by atoms with Crippen molar-refractivity contribution in [2.24, 2.45) is 0 Å². The Hall–Kier alpha value is -4.05. The van der Waals surface area contributed by atoms with Gasteiger partial charge in [-0.2, -0.15) is 5.26 Å². The molecule has 5 nitrogen and oxygen atoms in total. The van der Waals surface area contributed by atoms with Crippen molar-refractivity contribution in [3.8, 4) is 17.6 Å². The van der Waals surface area contributed by atoms with Crippen LogP contribution in [0.15, 0.2) is 107 Å². The van der Waals surface area contributed by atoms with E-state index in [1.807, 2.05) is 60.7 Å². The number of hydrogen-bond donors (Lipinski definition) is 1. The summed E-state index contributed by atoms with van der Waals surface area (Å²) >= 11 is 9.70. The van der Waals surface area contributed by atoms with Crippen molar-refractivity contribution in [2.75, 3.05) is 5.32 Å². The van der Waals surface area contributed by atoms with Crippen LogP contribution in [0.2, 0.25) is 5.02 Å². The van der Waals surface area contributed by atoms with Gasteiger partial charge in [-0.25, -0.2) is 0 Å². The first-order valence-electron chi connectivity index (χ1n) is 11.4. The van der Waals surface area contributed by atoms with E-state index >= 15 is 0 Å². The highest BCUT2D eigenvalue weighted by atomic mass is 79.9. The Labute approximate surface area is 229 Å². The fourth-order valence-corrected chi connectivity index (χ4v) is 3.99. The zero-order valence-electron chi connectivity index (χ0n) is 19.7. The zero-order chi connectivity index (χ0) is 26.0. The maximum absolute atomic E-state index is 12.9. The summed E-state index contributed by atoms with van der Waals surface area (Å²) in [6.07, 6.45) is 1.47. The van der Waals surface area contributed by atoms with E-state index in [1.165, 1.54) is 6.08 Å². The minimum absolute atomic E-state index is 0.0857. The first-order valence-corrected chi connectivity index (χ1v) is 12.5. The number of nitrogens with zero attached hydrogens (tertiary/aromatic N) is 1. The van der Waals surface area contributed by atoms with E-state index in [2.05, 4.69) is 21.2 Å². The van der Waals surface area contributed by atoms with E-state index in [-0.39, 0.29) is 5.57 Å². The molecule has 7 heteroatoms. The Balaban J connectivity index is 1.44. The second-order valence-electron chi connectivity index (χ2n) is 7.98. The molecule has 4 aromatic rings. The minimum atomic E-state index is -0.544. The van der Waals surface area contributed by atoms with Crippen molar-refractivity contribution in [2.45, 2.75) is 13.2 Å². The van der Waals surface area contributed by atoms with Gasteiger partial charge in [0, 0.05) is 26.3 Å². The molecule has 0 spiro atoms. The van der Waals surface area contributed by atoms with E-state index in [4.69, 9.17) is 21.1 Å². The lowest BCUT2D eigenvalue weighted by molar-refractivity contribution is -0.112. The maximum atomic E-state index is 12.9. The van der Waals surface area contributed by atoms with Gasteiger partial charge in [-0.3, -0.25) is 4.79 Å². The van der Waals surface area contributed by atoms with Crippen molar-refractivity contribution in [1.82, 2.24) is 0 Å². The van der Waals surface area contributed by atoms with E-state index in [9.17, 15) is 10.1 Å². The van der Waals surface area contributed by atoms with Crippen LogP contribution in [-0.2, 0) is 18.0 Å². The molecule has 0 bridgehead atoms. The summed E-state index contributed by atoms with van der Waals surface area (Å²) < 4.78 is 12.7. The summed E-state index contributed by atoms with van der Waals surface area (Å²) in [6, 6.07) is 31.6. The molecule has 0 aliphatic carbocycles. The quantitative estimate of drug-likeness (QED) is 0.164. The second-order valence-corrected chi connectivity index (χ2v) is 9.28. The van der Waals surface area contributed by atoms with Crippen molar-refractivity contribution in [3.63, 3.8) is 0 Å². The Kier molecular flexibility index (Phi) is 8.98. The number of rotatable bonds is 9. The highest BCUT2D eigenvalue weighted by molar-refractivity contribution is 9.10. The number of carbonyl (C=O) groups is 1. The summed E-state index contributed by atoms with van der Waals surface area (Å²) in [5.41, 5.74) is 2.99. The van der Waals surface area contributed by atoms with E-state index in [0.717, 1.165) is 15.6 Å². The summed E-state index contributed by atoms with van der Waals surface area (Å²) in [6.45, 7) is 0.746. The molecule has 0 heterocycles. The van der Waals surface area contributed by atoms with Gasteiger partial charge in [-0.1, -0.05) is 76.1 Å². The molecule has 0 aliphatic rings. The van der Waals surface area contributed by atoms with Crippen LogP contribution in [0.3, 0.4) is 0 Å². The average molecular weight is 574 g/mol. The molecule has 184 valence electrons. The lowest BCUT2D eigenvalue weighted by Crippen LogP contribution is -2.13. The highest BCUT2D eigenvalue weighted by Gasteiger charge is 2.13. The van der Waals surface area contributed by atoms with Crippen LogP contribution in [0.1, 0.15) is 16.7 Å². The SMILES string of the molecule is N#C/C(=C\c1cc(Cl)ccc1OCc1ccccc1Br)C(=O)Nc1ccc(OCc2ccccc2)cc1. The standard InChI is InChI=1S/C30H22BrClN2O3/c31-28-9-5-4-8-22(28)20-37-29-15-10-25(32)17-23(29)16-24(18-33)30(35)34-26-11-13-27(14-12-26)36-19-21-6-2-1-3-7-21/h1-17H,19-20H2,(H,34,35)/b24-16+. The van der Waals surface area contributed by atoms with Gasteiger partial charge in [0.1, 0.15) is 36.4 Å². The van der Waals surface area contributed by atoms with Gasteiger partial charge >= 0.3 is 0 Å². The Morgan fingerprint density at radius 1 is 0.919 bits per heavy atom. The topological polar surface area (TPSA) is 71.3 Å². The van der Waals surface area contributed by atoms with Crippen LogP contribution in [0, 0.1) is 11.3 Å². The number of hydrogen-bond acceptors (Lipinski definition) is 4. The highest BCUT2D eigenvalue weighted by Crippen LogP contribution is 2.28. The molecule has 4 rings (SSSR count). The van der Waals surface area contributed by atoms with E-state index in [0.29, 0.717) is 41.0 Å². The van der Waals surface area contributed by atoms with Gasteiger partial charge in [-0.05, 0) is 60.2 Å². The van der Waals surface area contributed by atoms with Crippen LogP contribution in [0.5, 0.6) is 11.5 Å². The Morgan fingerprint density at radius 3 is 2.38 bits per heavy atom. The average Bonchev–Trinajstić information content (AvgIpc) is 2.92. The normalized spacial score (nSPS) is 10.9. The van der Waals surface area contributed by atoms with Crippen LogP contribution >= 0.6 is 27.5 Å². The predicted molar refractivity (Wildman–Crippen MR) is 149 cm³/mol. The molecule has 0 radical (unpaired) electrons. The van der Waals surface area contributed by atoms with Gasteiger partial charge in [0.05, 0.1) is 0 Å². The van der Waals surface area contributed by atoms with Crippen LogP contribution < -0.4 is 14.8 Å². The molecule has 4 aromatic carbocycles. The number of benzene rings is 4. The van der Waals surface area contributed by atoms with Gasteiger partial charge < -0.3 is 14.8 Å². The summed E-state index contributed by atoms with van der Waals surface area (Å²) in [4.78, 5) is 12.9. The zero-order valence-corrected chi connectivity index (χ0v) is 22.0. The molecule has 0 aliphatic heterocycles. The van der Waals surface area contributed by atoms with Gasteiger partial charge in [0.2, 0.25) is 0 Å². The third-order valence-corrected chi connectivity index (χ3v) is 6.35. The monoisotopic (exact) mass is 572 g/mol. The molecule has 0 saturated carbocycles. The number of amides is 1. The molecule has 0 unspecified atom stereocenters. The van der Waals surface area contributed by atoms with Crippen molar-refractivity contribution >= 4 is 45.2 Å². The van der Waals surface area contributed by atoms with Crippen molar-refractivity contribution in [1.29, 1.82) is 5.26 Å². The summed E-state index contributed by atoms with van der Waals surface area (Å²) in [7, 11) is 0. The number of carbonyl (C=O) groups excluding carboxylic acids is 1. The fraction of sp³-hybridized carbons (Fsp3) is 0.0667. The number of anilines is 1. The third kappa shape index (κ3) is 7.47. The Morgan fingerprint density at radius 2 is 1.65 bits per heavy atom. The Bertz CT molecular complexity index is 1450. The number of ether oxygens (including phenoxy) is 2. The molecule has 37 heavy (non-hydrogen) atoms. The predicted octanol–water partition coefficient (Wildman–Crippen LogP) is 7.81. The third-order valence-electron chi connectivity index (χ3n) is 5.34. The van der Waals surface area contributed by atoms with Crippen molar-refractivity contribution < 1.29 is 14.3 Å². The molecule has 0 atom stereocenters. The lowest BCUT2D eigenvalue weighted by atomic mass is 10.1. The molecular formula is C30H22BrClN2O3. The smallest absolute Gasteiger partial charge is 0.266 e. The fourth-order valence-electron chi connectivity index (χ4n) is 3.41. The molecule has 1 amide bonds. The molecular weight excluding hydrogens is 552 g/mol. The molecule has 1 N–H and O–H groups in total. The maximum Gasteiger partial charge on any atom is 0.266 e. The van der Waals surface area contributed by atoms with Crippen LogP contribution in [-0.4, -0.2) is 5.91 Å².